The number of aromatic nitrogens is 2. The Morgan fingerprint density at radius 3 is 2.75 bits per heavy atom. The molecule has 0 radical (unpaired) electrons. The highest BCUT2D eigenvalue weighted by Gasteiger charge is 2.33. The second-order valence-electron chi connectivity index (χ2n) is 3.05. The van der Waals surface area contributed by atoms with Crippen LogP contribution in [0, 0.1) is 0 Å². The zero-order valence-electron chi connectivity index (χ0n) is 8.36. The van der Waals surface area contributed by atoms with E-state index in [-0.39, 0.29) is 6.54 Å². The third-order valence-corrected chi connectivity index (χ3v) is 1.82. The number of esters is 1. The highest BCUT2D eigenvalue weighted by Crippen LogP contribution is 2.27. The first kappa shape index (κ1) is 12.5. The highest BCUT2D eigenvalue weighted by atomic mass is 19.4. The predicted molar refractivity (Wildman–Crippen MR) is 47.2 cm³/mol. The van der Waals surface area contributed by atoms with E-state index in [4.69, 9.17) is 5.73 Å². The van der Waals surface area contributed by atoms with E-state index in [1.54, 1.807) is 0 Å². The van der Waals surface area contributed by atoms with Gasteiger partial charge in [0.2, 0.25) is 0 Å². The van der Waals surface area contributed by atoms with Gasteiger partial charge in [0, 0.05) is 6.20 Å². The maximum atomic E-state index is 12.2. The summed E-state index contributed by atoms with van der Waals surface area (Å²) in [5.41, 5.74) is 4.34. The number of alkyl halides is 3. The van der Waals surface area contributed by atoms with Gasteiger partial charge in [-0.05, 0) is 6.07 Å². The smallest absolute Gasteiger partial charge is 0.435 e. The number of carbonyl (C=O) groups is 1. The number of ether oxygens (including phenoxy) is 1. The van der Waals surface area contributed by atoms with Crippen LogP contribution in [-0.4, -0.2) is 28.9 Å². The van der Waals surface area contributed by atoms with E-state index in [0.29, 0.717) is 0 Å². The third-order valence-electron chi connectivity index (χ3n) is 1.82. The maximum Gasteiger partial charge on any atom is 0.435 e. The third kappa shape index (κ3) is 2.96. The van der Waals surface area contributed by atoms with E-state index in [9.17, 15) is 18.0 Å². The average Bonchev–Trinajstić information content (AvgIpc) is 2.64. The van der Waals surface area contributed by atoms with Crippen LogP contribution in [0.2, 0.25) is 0 Å². The summed E-state index contributed by atoms with van der Waals surface area (Å²) in [7, 11) is 1.15. The van der Waals surface area contributed by atoms with Crippen molar-refractivity contribution in [3.63, 3.8) is 0 Å². The molecule has 2 N–H and O–H groups in total. The van der Waals surface area contributed by atoms with Gasteiger partial charge in [0.05, 0.1) is 13.7 Å². The average molecular weight is 237 g/mol. The number of halogens is 3. The summed E-state index contributed by atoms with van der Waals surface area (Å²) in [5, 5.41) is 3.24. The van der Waals surface area contributed by atoms with Crippen molar-refractivity contribution in [2.75, 3.05) is 7.11 Å². The minimum atomic E-state index is -4.50. The standard InChI is InChI=1S/C8H10F3N3O2/c1-16-7(15)5(12)4-14-3-2-6(13-14)8(9,10)11/h2-3,5H,4,12H2,1H3. The summed E-state index contributed by atoms with van der Waals surface area (Å²) >= 11 is 0. The molecule has 0 saturated heterocycles. The van der Waals surface area contributed by atoms with Gasteiger partial charge in [0.15, 0.2) is 5.69 Å². The van der Waals surface area contributed by atoms with Crippen LogP contribution in [0.3, 0.4) is 0 Å². The van der Waals surface area contributed by atoms with Crippen molar-refractivity contribution < 1.29 is 22.7 Å². The molecule has 0 amide bonds. The van der Waals surface area contributed by atoms with Gasteiger partial charge in [-0.1, -0.05) is 0 Å². The first-order valence-electron chi connectivity index (χ1n) is 4.28. The summed E-state index contributed by atoms with van der Waals surface area (Å²) in [6.45, 7) is -0.164. The van der Waals surface area contributed by atoms with Crippen molar-refractivity contribution in [3.8, 4) is 0 Å². The molecule has 1 aromatic heterocycles. The first-order chi connectivity index (χ1) is 7.34. The molecule has 0 aliphatic heterocycles. The van der Waals surface area contributed by atoms with E-state index in [2.05, 4.69) is 9.84 Å². The molecule has 16 heavy (non-hydrogen) atoms. The van der Waals surface area contributed by atoms with Gasteiger partial charge in [0.25, 0.3) is 0 Å². The quantitative estimate of drug-likeness (QED) is 0.772. The van der Waals surface area contributed by atoms with Gasteiger partial charge >= 0.3 is 12.1 Å². The first-order valence-corrected chi connectivity index (χ1v) is 4.28. The van der Waals surface area contributed by atoms with Crippen molar-refractivity contribution in [1.82, 2.24) is 9.78 Å². The van der Waals surface area contributed by atoms with E-state index in [1.807, 2.05) is 0 Å². The number of methoxy groups -OCH3 is 1. The normalized spacial score (nSPS) is 13.6. The highest BCUT2D eigenvalue weighted by molar-refractivity contribution is 5.75. The van der Waals surface area contributed by atoms with E-state index >= 15 is 0 Å². The molecule has 1 unspecified atom stereocenters. The van der Waals surface area contributed by atoms with Crippen molar-refractivity contribution in [3.05, 3.63) is 18.0 Å². The van der Waals surface area contributed by atoms with Crippen LogP contribution < -0.4 is 5.73 Å². The van der Waals surface area contributed by atoms with E-state index < -0.39 is 23.9 Å². The lowest BCUT2D eigenvalue weighted by Gasteiger charge is -2.08. The molecule has 0 fully saturated rings. The van der Waals surface area contributed by atoms with Gasteiger partial charge in [-0.2, -0.15) is 18.3 Å². The van der Waals surface area contributed by atoms with Crippen molar-refractivity contribution in [2.45, 2.75) is 18.8 Å². The van der Waals surface area contributed by atoms with Crippen LogP contribution in [0.15, 0.2) is 12.3 Å². The summed E-state index contributed by atoms with van der Waals surface area (Å²) in [6.07, 6.45) is -3.40. The molecule has 0 aliphatic carbocycles. The van der Waals surface area contributed by atoms with Crippen LogP contribution in [0.25, 0.3) is 0 Å². The molecule has 1 heterocycles. The Bertz CT molecular complexity index is 375. The van der Waals surface area contributed by atoms with E-state index in [0.717, 1.165) is 24.1 Å². The fourth-order valence-corrected chi connectivity index (χ4v) is 1.04. The van der Waals surface area contributed by atoms with E-state index in [1.165, 1.54) is 0 Å². The molecule has 0 spiro atoms. The molecule has 0 saturated carbocycles. The Balaban J connectivity index is 2.69. The minimum absolute atomic E-state index is 0.164. The zero-order chi connectivity index (χ0) is 12.3. The molecule has 1 aromatic rings. The number of nitrogens with zero attached hydrogens (tertiary/aromatic N) is 2. The molecule has 90 valence electrons. The van der Waals surface area contributed by atoms with Crippen LogP contribution in [-0.2, 0) is 22.3 Å². The van der Waals surface area contributed by atoms with Gasteiger partial charge in [-0.25, -0.2) is 0 Å². The Morgan fingerprint density at radius 2 is 2.31 bits per heavy atom. The monoisotopic (exact) mass is 237 g/mol. The van der Waals surface area contributed by atoms with Crippen LogP contribution >= 0.6 is 0 Å². The molecule has 1 atom stereocenters. The lowest BCUT2D eigenvalue weighted by molar-refractivity contribution is -0.142. The lowest BCUT2D eigenvalue weighted by atomic mass is 10.3. The number of carbonyl (C=O) groups excluding carboxylic acids is 1. The van der Waals surface area contributed by atoms with Crippen LogP contribution in [0.5, 0.6) is 0 Å². The van der Waals surface area contributed by atoms with Gasteiger partial charge in [0.1, 0.15) is 6.04 Å². The lowest BCUT2D eigenvalue weighted by Crippen LogP contribution is -2.36. The van der Waals surface area contributed by atoms with Crippen molar-refractivity contribution >= 4 is 5.97 Å². The van der Waals surface area contributed by atoms with Crippen molar-refractivity contribution in [1.29, 1.82) is 0 Å². The number of hydrogen-bond donors (Lipinski definition) is 1. The number of rotatable bonds is 3. The summed E-state index contributed by atoms with van der Waals surface area (Å²) < 4.78 is 41.8. The molecule has 8 heteroatoms. The Labute approximate surface area is 89.0 Å². The fourth-order valence-electron chi connectivity index (χ4n) is 1.04. The molecular formula is C8H10F3N3O2. The molecule has 5 nitrogen and oxygen atoms in total. The Hall–Kier alpha value is -1.57. The van der Waals surface area contributed by atoms with Crippen LogP contribution in [0.1, 0.15) is 5.69 Å². The summed E-state index contributed by atoms with van der Waals surface area (Å²) in [6, 6.07) is -0.227. The number of hydrogen-bond acceptors (Lipinski definition) is 4. The van der Waals surface area contributed by atoms with Gasteiger partial charge in [-0.3, -0.25) is 9.48 Å². The summed E-state index contributed by atoms with van der Waals surface area (Å²) in [4.78, 5) is 10.9. The second-order valence-corrected chi connectivity index (χ2v) is 3.05. The summed E-state index contributed by atoms with van der Waals surface area (Å²) in [5.74, 6) is -0.705. The molecule has 1 rings (SSSR count). The Morgan fingerprint density at radius 1 is 1.69 bits per heavy atom. The fraction of sp³-hybridized carbons (Fsp3) is 0.500. The Kier molecular flexibility index (Phi) is 3.53. The van der Waals surface area contributed by atoms with Gasteiger partial charge < -0.3 is 10.5 Å². The topological polar surface area (TPSA) is 70.1 Å². The van der Waals surface area contributed by atoms with Crippen molar-refractivity contribution in [2.24, 2.45) is 5.73 Å². The molecule has 0 aliphatic rings. The minimum Gasteiger partial charge on any atom is -0.468 e. The van der Waals surface area contributed by atoms with Gasteiger partial charge in [-0.15, -0.1) is 0 Å². The second kappa shape index (κ2) is 4.52. The van der Waals surface area contributed by atoms with Crippen LogP contribution in [0.4, 0.5) is 13.2 Å². The largest absolute Gasteiger partial charge is 0.468 e. The number of nitrogens with two attached hydrogens (primary N) is 1. The molecule has 0 bridgehead atoms. The molecular weight excluding hydrogens is 227 g/mol. The zero-order valence-corrected chi connectivity index (χ0v) is 8.36. The SMILES string of the molecule is COC(=O)C(N)Cn1ccc(C(F)(F)F)n1. The maximum absolute atomic E-state index is 12.2. The molecule has 0 aromatic carbocycles. The predicted octanol–water partition coefficient (Wildman–Crippen LogP) is 0.402.